The quantitative estimate of drug-likeness (QED) is 0.636. The van der Waals surface area contributed by atoms with Crippen LogP contribution < -0.4 is 0 Å². The summed E-state index contributed by atoms with van der Waals surface area (Å²) in [5, 5.41) is 0. The summed E-state index contributed by atoms with van der Waals surface area (Å²) in [5.74, 6) is -1.30. The number of hydrogen-bond acceptors (Lipinski definition) is 3. The number of carbonyl (C=O) groups is 2. The molecule has 0 aliphatic heterocycles. The summed E-state index contributed by atoms with van der Waals surface area (Å²) in [5.41, 5.74) is 0. The van der Waals surface area contributed by atoms with Crippen molar-refractivity contribution in [2.45, 2.75) is 38.5 Å². The molecule has 0 N–H and O–H groups in total. The zero-order valence-electron chi connectivity index (χ0n) is 7.42. The molecule has 0 spiro atoms. The molecule has 1 aliphatic rings. The molecule has 0 unspecified atom stereocenters. The smallest absolute Gasteiger partial charge is 0.299 e. The summed E-state index contributed by atoms with van der Waals surface area (Å²) in [6.45, 7) is 0. The van der Waals surface area contributed by atoms with Gasteiger partial charge in [-0.3, -0.25) is 9.74 Å². The molecule has 1 aliphatic carbocycles. The van der Waals surface area contributed by atoms with Crippen molar-refractivity contribution in [3.63, 3.8) is 0 Å². The van der Waals surface area contributed by atoms with Crippen molar-refractivity contribution in [1.29, 1.82) is 0 Å². The Hall–Kier alpha value is -0.930. The third-order valence-electron chi connectivity index (χ3n) is 2.47. The van der Waals surface area contributed by atoms with Gasteiger partial charge < -0.3 is 0 Å². The highest BCUT2D eigenvalue weighted by molar-refractivity contribution is 5.96. The van der Waals surface area contributed by atoms with E-state index in [9.17, 15) is 14.1 Å². The summed E-state index contributed by atoms with van der Waals surface area (Å²) in [6.07, 6.45) is 4.46. The molecule has 13 heavy (non-hydrogen) atoms. The molecular formula is C9H13FO3. The lowest BCUT2D eigenvalue weighted by molar-refractivity contribution is -0.184. The number of hydrogen-bond donors (Lipinski definition) is 0. The van der Waals surface area contributed by atoms with Gasteiger partial charge >= 0.3 is 5.97 Å². The van der Waals surface area contributed by atoms with Crippen molar-refractivity contribution in [2.75, 3.05) is 0 Å². The largest absolute Gasteiger partial charge is 0.356 e. The highest BCUT2D eigenvalue weighted by atomic mass is 19.3. The summed E-state index contributed by atoms with van der Waals surface area (Å²) in [4.78, 5) is 24.7. The van der Waals surface area contributed by atoms with Crippen molar-refractivity contribution in [3.05, 3.63) is 0 Å². The predicted octanol–water partition coefficient (Wildman–Crippen LogP) is 1.95. The normalized spacial score (nSPS) is 18.2. The van der Waals surface area contributed by atoms with E-state index in [0.717, 1.165) is 32.1 Å². The molecule has 0 radical (unpaired) electrons. The molecule has 0 aromatic rings. The molecule has 1 rings (SSSR count). The van der Waals surface area contributed by atoms with Crippen LogP contribution in [-0.2, 0) is 14.5 Å². The lowest BCUT2D eigenvalue weighted by atomic mass is 9.85. The van der Waals surface area contributed by atoms with Crippen LogP contribution in [0.1, 0.15) is 38.5 Å². The van der Waals surface area contributed by atoms with E-state index in [1.54, 1.807) is 0 Å². The Balaban J connectivity index is 2.33. The summed E-state index contributed by atoms with van der Waals surface area (Å²) in [6, 6.07) is 0. The second-order valence-corrected chi connectivity index (χ2v) is 3.43. The van der Waals surface area contributed by atoms with Gasteiger partial charge in [0.05, 0.1) is 0 Å². The third kappa shape index (κ3) is 3.13. The molecule has 3 nitrogen and oxygen atoms in total. The number of ketones is 1. The standard InChI is InChI=1S/C9H13FO3/c10-13-9(12)6-8(11)7-4-2-1-3-5-7/h7H,1-6H2. The van der Waals surface area contributed by atoms with Crippen LogP contribution in [0.3, 0.4) is 0 Å². The van der Waals surface area contributed by atoms with Crippen LogP contribution in [0.2, 0.25) is 0 Å². The van der Waals surface area contributed by atoms with Gasteiger partial charge in [-0.15, -0.1) is 0 Å². The van der Waals surface area contributed by atoms with Gasteiger partial charge in [-0.25, -0.2) is 4.79 Å². The van der Waals surface area contributed by atoms with Gasteiger partial charge in [0.25, 0.3) is 0 Å². The van der Waals surface area contributed by atoms with E-state index in [1.165, 1.54) is 0 Å². The van der Waals surface area contributed by atoms with Crippen molar-refractivity contribution < 1.29 is 19.1 Å². The molecule has 0 aromatic heterocycles. The molecule has 1 saturated carbocycles. The van der Waals surface area contributed by atoms with Gasteiger partial charge in [0.15, 0.2) is 0 Å². The molecule has 0 heterocycles. The highest BCUT2D eigenvalue weighted by Crippen LogP contribution is 2.25. The predicted molar refractivity (Wildman–Crippen MR) is 43.4 cm³/mol. The molecule has 1 fully saturated rings. The van der Waals surface area contributed by atoms with Gasteiger partial charge in [0.1, 0.15) is 12.2 Å². The molecule has 4 heteroatoms. The van der Waals surface area contributed by atoms with Crippen molar-refractivity contribution in [1.82, 2.24) is 0 Å². The average Bonchev–Trinajstić information content (AvgIpc) is 2.19. The van der Waals surface area contributed by atoms with E-state index in [1.807, 2.05) is 0 Å². The first-order valence-corrected chi connectivity index (χ1v) is 4.58. The lowest BCUT2D eigenvalue weighted by Crippen LogP contribution is -2.20. The number of rotatable bonds is 3. The average molecular weight is 188 g/mol. The third-order valence-corrected chi connectivity index (χ3v) is 2.47. The van der Waals surface area contributed by atoms with Crippen LogP contribution >= 0.6 is 0 Å². The molecular weight excluding hydrogens is 175 g/mol. The first kappa shape index (κ1) is 10.2. The fourth-order valence-corrected chi connectivity index (χ4v) is 1.74. The number of carbonyl (C=O) groups excluding carboxylic acids is 2. The summed E-state index contributed by atoms with van der Waals surface area (Å²) >= 11 is 0. The Morgan fingerprint density at radius 2 is 1.85 bits per heavy atom. The fraction of sp³-hybridized carbons (Fsp3) is 0.778. The van der Waals surface area contributed by atoms with Gasteiger partial charge in [-0.1, -0.05) is 19.3 Å². The van der Waals surface area contributed by atoms with Gasteiger partial charge in [0.2, 0.25) is 0 Å². The van der Waals surface area contributed by atoms with E-state index < -0.39 is 12.4 Å². The fourth-order valence-electron chi connectivity index (χ4n) is 1.74. The summed E-state index contributed by atoms with van der Waals surface area (Å²) < 4.78 is 11.3. The van der Waals surface area contributed by atoms with Crippen LogP contribution in [0.4, 0.5) is 4.53 Å². The van der Waals surface area contributed by atoms with Crippen molar-refractivity contribution >= 4 is 11.8 Å². The van der Waals surface area contributed by atoms with Crippen LogP contribution in [0, 0.1) is 5.92 Å². The first-order valence-electron chi connectivity index (χ1n) is 4.58. The number of Topliss-reactive ketones (excluding diaryl/α,β-unsaturated/α-hetero) is 1. The van der Waals surface area contributed by atoms with Gasteiger partial charge in [-0.05, 0) is 12.8 Å². The van der Waals surface area contributed by atoms with Crippen molar-refractivity contribution in [3.8, 4) is 0 Å². The molecule has 0 saturated heterocycles. The Labute approximate surface area is 76.2 Å². The second-order valence-electron chi connectivity index (χ2n) is 3.43. The van der Waals surface area contributed by atoms with E-state index >= 15 is 0 Å². The van der Waals surface area contributed by atoms with Crippen LogP contribution in [-0.4, -0.2) is 11.8 Å². The van der Waals surface area contributed by atoms with Gasteiger partial charge in [0, 0.05) is 10.4 Å². The van der Waals surface area contributed by atoms with Crippen LogP contribution in [0.25, 0.3) is 0 Å². The Bertz CT molecular complexity index is 197. The minimum atomic E-state index is -1.07. The molecule has 74 valence electrons. The van der Waals surface area contributed by atoms with E-state index in [-0.39, 0.29) is 11.7 Å². The highest BCUT2D eigenvalue weighted by Gasteiger charge is 2.23. The number of halogens is 1. The molecule has 0 amide bonds. The maximum absolute atomic E-state index is 11.3. The van der Waals surface area contributed by atoms with E-state index in [2.05, 4.69) is 4.94 Å². The second kappa shape index (κ2) is 4.94. The van der Waals surface area contributed by atoms with E-state index in [0.29, 0.717) is 0 Å². The maximum Gasteiger partial charge on any atom is 0.356 e. The monoisotopic (exact) mass is 188 g/mol. The zero-order chi connectivity index (χ0) is 9.68. The Morgan fingerprint density at radius 3 is 2.38 bits per heavy atom. The van der Waals surface area contributed by atoms with E-state index in [4.69, 9.17) is 0 Å². The maximum atomic E-state index is 11.3. The molecule has 0 atom stereocenters. The molecule has 0 aromatic carbocycles. The van der Waals surface area contributed by atoms with Crippen LogP contribution in [0.15, 0.2) is 0 Å². The first-order chi connectivity index (χ1) is 6.24. The summed E-state index contributed by atoms with van der Waals surface area (Å²) in [7, 11) is 0. The van der Waals surface area contributed by atoms with Crippen molar-refractivity contribution in [2.24, 2.45) is 5.92 Å². The molecule has 0 bridgehead atoms. The Kier molecular flexibility index (Phi) is 3.86. The minimum Gasteiger partial charge on any atom is -0.299 e. The minimum absolute atomic E-state index is 0.0483. The topological polar surface area (TPSA) is 43.4 Å². The SMILES string of the molecule is O=C(CC(=O)C1CCCCC1)OF. The van der Waals surface area contributed by atoms with Crippen LogP contribution in [0.5, 0.6) is 0 Å². The zero-order valence-corrected chi connectivity index (χ0v) is 7.42. The van der Waals surface area contributed by atoms with Gasteiger partial charge in [-0.2, -0.15) is 0 Å². The Morgan fingerprint density at radius 1 is 1.23 bits per heavy atom. The lowest BCUT2D eigenvalue weighted by Gasteiger charge is -2.19.